The summed E-state index contributed by atoms with van der Waals surface area (Å²) in [6, 6.07) is 7.92. The highest BCUT2D eigenvalue weighted by Gasteiger charge is 2.21. The van der Waals surface area contributed by atoms with Crippen LogP contribution in [0.5, 0.6) is 0 Å². The second-order valence-corrected chi connectivity index (χ2v) is 11.1. The Balaban J connectivity index is 1.59. The summed E-state index contributed by atoms with van der Waals surface area (Å²) in [5, 5.41) is 6.85. The molecule has 35 heavy (non-hydrogen) atoms. The predicted octanol–water partition coefficient (Wildman–Crippen LogP) is 3.84. The molecule has 0 aliphatic heterocycles. The van der Waals surface area contributed by atoms with Crippen LogP contribution >= 0.6 is 0 Å². The summed E-state index contributed by atoms with van der Waals surface area (Å²) in [6.45, 7) is 5.31. The molecule has 0 saturated heterocycles. The predicted molar refractivity (Wildman–Crippen MR) is 142 cm³/mol. The molecular formula is C24H36N8O2S. The van der Waals surface area contributed by atoms with Gasteiger partial charge in [0.15, 0.2) is 17.0 Å². The van der Waals surface area contributed by atoms with Gasteiger partial charge in [-0.1, -0.05) is 13.3 Å². The van der Waals surface area contributed by atoms with Gasteiger partial charge < -0.3 is 20.9 Å². The Kier molecular flexibility index (Phi) is 7.75. The van der Waals surface area contributed by atoms with Gasteiger partial charge in [0.05, 0.1) is 18.3 Å². The maximum Gasteiger partial charge on any atom is 0.232 e. The number of benzene rings is 1. The third kappa shape index (κ3) is 6.02. The van der Waals surface area contributed by atoms with Crippen molar-refractivity contribution in [2.24, 2.45) is 5.73 Å². The minimum Gasteiger partial charge on any atom is -0.351 e. The van der Waals surface area contributed by atoms with Crippen molar-refractivity contribution in [2.45, 2.75) is 71.0 Å². The number of hydrogen-bond acceptors (Lipinski definition) is 8. The molecule has 1 fully saturated rings. The zero-order chi connectivity index (χ0) is 25.0. The number of aromatic nitrogens is 4. The molecule has 2 heterocycles. The van der Waals surface area contributed by atoms with Gasteiger partial charge in [-0.3, -0.25) is 4.31 Å². The molecule has 0 spiro atoms. The lowest BCUT2D eigenvalue weighted by Gasteiger charge is -2.26. The number of aryl methyl sites for hydroxylation is 1. The van der Waals surface area contributed by atoms with Gasteiger partial charge >= 0.3 is 0 Å². The SMILES string of the molecule is CCCCN(c1ccc(Nc2nc(NC3CCC(N)CC3)nc3c2ncn3CC)cc1)S(C)(=O)=O. The van der Waals surface area contributed by atoms with Crippen LogP contribution in [0.15, 0.2) is 30.6 Å². The lowest BCUT2D eigenvalue weighted by atomic mass is 9.92. The molecule has 1 aliphatic rings. The second-order valence-electron chi connectivity index (χ2n) is 9.22. The van der Waals surface area contributed by atoms with E-state index >= 15 is 0 Å². The molecule has 0 atom stereocenters. The van der Waals surface area contributed by atoms with Crippen LogP contribution in [0.25, 0.3) is 11.2 Å². The Bertz CT molecular complexity index is 1230. The minimum atomic E-state index is -3.35. The third-order valence-corrected chi connectivity index (χ3v) is 7.64. The standard InChI is InChI=1S/C24H36N8O2S/c1-4-6-15-32(35(3,33)34)20-13-11-18(12-14-20)27-22-21-23(31(5-2)16-26-21)30-24(29-22)28-19-9-7-17(25)8-10-19/h11-14,16-17,19H,4-10,15,25H2,1-3H3,(H2,27,28,29,30). The Hall–Kier alpha value is -2.92. The van der Waals surface area contributed by atoms with Crippen molar-refractivity contribution in [1.29, 1.82) is 0 Å². The number of rotatable bonds is 10. The molecule has 1 saturated carbocycles. The van der Waals surface area contributed by atoms with Crippen LogP contribution in [-0.4, -0.2) is 52.8 Å². The lowest BCUT2D eigenvalue weighted by molar-refractivity contribution is 0.410. The first-order valence-electron chi connectivity index (χ1n) is 12.4. The normalized spacial score (nSPS) is 18.5. The molecule has 2 aromatic heterocycles. The Labute approximate surface area is 207 Å². The Morgan fingerprint density at radius 3 is 2.46 bits per heavy atom. The number of fused-ring (bicyclic) bond motifs is 1. The fourth-order valence-electron chi connectivity index (χ4n) is 4.41. The molecule has 4 N–H and O–H groups in total. The van der Waals surface area contributed by atoms with Crippen LogP contribution < -0.4 is 20.7 Å². The smallest absolute Gasteiger partial charge is 0.232 e. The zero-order valence-electron chi connectivity index (χ0n) is 20.7. The number of sulfonamides is 1. The summed E-state index contributed by atoms with van der Waals surface area (Å²) < 4.78 is 28.0. The van der Waals surface area contributed by atoms with Gasteiger partial charge in [0.1, 0.15) is 0 Å². The molecule has 0 unspecified atom stereocenters. The van der Waals surface area contributed by atoms with Gasteiger partial charge in [-0.05, 0) is 63.3 Å². The monoisotopic (exact) mass is 500 g/mol. The maximum absolute atomic E-state index is 12.3. The highest BCUT2D eigenvalue weighted by molar-refractivity contribution is 7.92. The first-order chi connectivity index (χ1) is 16.8. The fourth-order valence-corrected chi connectivity index (χ4v) is 5.37. The van der Waals surface area contributed by atoms with Crippen LogP contribution in [0.1, 0.15) is 52.4 Å². The fraction of sp³-hybridized carbons (Fsp3) is 0.542. The molecule has 0 radical (unpaired) electrons. The van der Waals surface area contributed by atoms with E-state index in [9.17, 15) is 8.42 Å². The molecule has 11 heteroatoms. The minimum absolute atomic E-state index is 0.277. The number of nitrogens with zero attached hydrogens (tertiary/aromatic N) is 5. The van der Waals surface area contributed by atoms with Crippen LogP contribution in [0, 0.1) is 0 Å². The maximum atomic E-state index is 12.3. The molecule has 3 aromatic rings. The Morgan fingerprint density at radius 1 is 1.11 bits per heavy atom. The van der Waals surface area contributed by atoms with Crippen molar-refractivity contribution in [1.82, 2.24) is 19.5 Å². The molecule has 10 nitrogen and oxygen atoms in total. The summed E-state index contributed by atoms with van der Waals surface area (Å²) in [7, 11) is -3.35. The van der Waals surface area contributed by atoms with Crippen LogP contribution in [0.4, 0.5) is 23.1 Å². The van der Waals surface area contributed by atoms with Crippen molar-refractivity contribution in [3.05, 3.63) is 30.6 Å². The van der Waals surface area contributed by atoms with Gasteiger partial charge in [0.2, 0.25) is 16.0 Å². The highest BCUT2D eigenvalue weighted by atomic mass is 32.2. The van der Waals surface area contributed by atoms with E-state index in [1.165, 1.54) is 10.6 Å². The average molecular weight is 501 g/mol. The van der Waals surface area contributed by atoms with Crippen molar-refractivity contribution in [2.75, 3.05) is 27.7 Å². The van der Waals surface area contributed by atoms with E-state index in [2.05, 4.69) is 22.5 Å². The van der Waals surface area contributed by atoms with Crippen LogP contribution in [0.3, 0.4) is 0 Å². The van der Waals surface area contributed by atoms with Crippen molar-refractivity contribution < 1.29 is 8.42 Å². The van der Waals surface area contributed by atoms with E-state index in [-0.39, 0.29) is 6.04 Å². The van der Waals surface area contributed by atoms with Gasteiger partial charge in [-0.2, -0.15) is 9.97 Å². The number of anilines is 4. The second kappa shape index (κ2) is 10.8. The van der Waals surface area contributed by atoms with Crippen LogP contribution in [-0.2, 0) is 16.6 Å². The molecule has 190 valence electrons. The topological polar surface area (TPSA) is 131 Å². The summed E-state index contributed by atoms with van der Waals surface area (Å²) in [4.78, 5) is 14.0. The first kappa shape index (κ1) is 25.2. The summed E-state index contributed by atoms with van der Waals surface area (Å²) >= 11 is 0. The summed E-state index contributed by atoms with van der Waals surface area (Å²) in [5.41, 5.74) is 8.95. The first-order valence-corrected chi connectivity index (χ1v) is 14.2. The van der Waals surface area contributed by atoms with E-state index in [1.54, 1.807) is 6.33 Å². The van der Waals surface area contributed by atoms with Gasteiger partial charge in [0.25, 0.3) is 0 Å². The lowest BCUT2D eigenvalue weighted by Crippen LogP contribution is -2.33. The quantitative estimate of drug-likeness (QED) is 0.383. The molecule has 0 amide bonds. The number of hydrogen-bond donors (Lipinski definition) is 3. The number of nitrogens with one attached hydrogen (secondary N) is 2. The molecule has 4 rings (SSSR count). The zero-order valence-corrected chi connectivity index (χ0v) is 21.6. The van der Waals surface area contributed by atoms with E-state index in [0.29, 0.717) is 35.6 Å². The van der Waals surface area contributed by atoms with Gasteiger partial charge in [-0.25, -0.2) is 13.4 Å². The third-order valence-electron chi connectivity index (χ3n) is 6.44. The molecule has 1 aromatic carbocycles. The molecule has 0 bridgehead atoms. The van der Waals surface area contributed by atoms with E-state index in [4.69, 9.17) is 15.7 Å². The highest BCUT2D eigenvalue weighted by Crippen LogP contribution is 2.28. The molecular weight excluding hydrogens is 464 g/mol. The number of imidazole rings is 1. The van der Waals surface area contributed by atoms with Crippen LogP contribution in [0.2, 0.25) is 0 Å². The van der Waals surface area contributed by atoms with Gasteiger partial charge in [0, 0.05) is 30.9 Å². The number of unbranched alkanes of at least 4 members (excludes halogenated alkanes) is 1. The van der Waals surface area contributed by atoms with Crippen molar-refractivity contribution in [3.8, 4) is 0 Å². The largest absolute Gasteiger partial charge is 0.351 e. The van der Waals surface area contributed by atoms with Gasteiger partial charge in [-0.15, -0.1) is 0 Å². The number of nitrogens with two attached hydrogens (primary N) is 1. The van der Waals surface area contributed by atoms with E-state index < -0.39 is 10.0 Å². The van der Waals surface area contributed by atoms with E-state index in [0.717, 1.165) is 56.4 Å². The molecule has 1 aliphatic carbocycles. The summed E-state index contributed by atoms with van der Waals surface area (Å²) in [6.07, 6.45) is 8.71. The van der Waals surface area contributed by atoms with Crippen molar-refractivity contribution >= 4 is 44.3 Å². The van der Waals surface area contributed by atoms with Crippen molar-refractivity contribution in [3.63, 3.8) is 0 Å². The average Bonchev–Trinajstić information content (AvgIpc) is 3.24. The van der Waals surface area contributed by atoms with E-state index in [1.807, 2.05) is 35.8 Å². The summed E-state index contributed by atoms with van der Waals surface area (Å²) in [5.74, 6) is 1.17. The Morgan fingerprint density at radius 2 is 1.83 bits per heavy atom.